The lowest BCUT2D eigenvalue weighted by molar-refractivity contribution is -0.132. The highest BCUT2D eigenvalue weighted by atomic mass is 28.3. The van der Waals surface area contributed by atoms with Crippen LogP contribution < -0.4 is 0 Å². The molecule has 2 atom stereocenters. The molecule has 4 nitrogen and oxygen atoms in total. The number of hydrogen-bond donors (Lipinski definition) is 3. The zero-order valence-corrected chi connectivity index (χ0v) is 20.6. The molecule has 0 fully saturated rings. The van der Waals surface area contributed by atoms with Crippen molar-refractivity contribution in [1.82, 2.24) is 0 Å². The van der Waals surface area contributed by atoms with Gasteiger partial charge in [-0.25, -0.2) is 4.79 Å². The normalized spacial score (nSPS) is 22.7. The Kier molecular flexibility index (Phi) is 11.9. The van der Waals surface area contributed by atoms with Crippen LogP contribution in [-0.2, 0) is 4.79 Å². The molecule has 1 aliphatic carbocycles. The molecule has 1 aliphatic rings. The molecule has 0 saturated heterocycles. The average molecular weight is 437 g/mol. The van der Waals surface area contributed by atoms with Gasteiger partial charge in [-0.3, -0.25) is 0 Å². The summed E-state index contributed by atoms with van der Waals surface area (Å²) in [4.78, 5) is 12.2. The predicted molar refractivity (Wildman–Crippen MR) is 128 cm³/mol. The van der Waals surface area contributed by atoms with E-state index in [2.05, 4.69) is 26.6 Å². The Balaban J connectivity index is 3.02. The minimum Gasteiger partial charge on any atom is -0.478 e. The van der Waals surface area contributed by atoms with E-state index in [4.69, 9.17) is 5.11 Å². The van der Waals surface area contributed by atoms with Crippen LogP contribution in [0, 0.1) is 5.92 Å². The molecule has 1 unspecified atom stereocenters. The summed E-state index contributed by atoms with van der Waals surface area (Å²) in [7, 11) is -1.36. The third-order valence-electron chi connectivity index (χ3n) is 5.97. The molecule has 0 radical (unpaired) electrons. The van der Waals surface area contributed by atoms with Gasteiger partial charge in [0.05, 0.1) is 0 Å². The Hall–Kier alpha value is -1.17. The summed E-state index contributed by atoms with van der Waals surface area (Å²) in [6.45, 7) is 9.19. The maximum absolute atomic E-state index is 12.2. The first-order chi connectivity index (χ1) is 14.1. The van der Waals surface area contributed by atoms with Crippen molar-refractivity contribution < 1.29 is 20.1 Å². The van der Waals surface area contributed by atoms with E-state index in [1.165, 1.54) is 0 Å². The lowest BCUT2D eigenvalue weighted by Gasteiger charge is -2.31. The first-order valence-electron chi connectivity index (χ1n) is 11.8. The summed E-state index contributed by atoms with van der Waals surface area (Å²) in [5.74, 6) is -0.996. The maximum Gasteiger partial charge on any atom is 0.331 e. The van der Waals surface area contributed by atoms with Gasteiger partial charge in [-0.2, -0.15) is 0 Å². The molecule has 1 rings (SSSR count). The minimum absolute atomic E-state index is 0.178. The van der Waals surface area contributed by atoms with Gasteiger partial charge in [-0.15, -0.1) is 0 Å². The molecule has 0 amide bonds. The van der Waals surface area contributed by atoms with Gasteiger partial charge < -0.3 is 15.3 Å². The molecule has 0 spiro atoms. The van der Waals surface area contributed by atoms with Gasteiger partial charge in [0.15, 0.2) is 0 Å². The van der Waals surface area contributed by atoms with Gasteiger partial charge in [0.1, 0.15) is 5.60 Å². The highest BCUT2D eigenvalue weighted by molar-refractivity contribution is 6.76. The summed E-state index contributed by atoms with van der Waals surface area (Å²) in [6.07, 6.45) is 16.7. The van der Waals surface area contributed by atoms with Crippen LogP contribution in [0.2, 0.25) is 25.7 Å². The van der Waals surface area contributed by atoms with Crippen molar-refractivity contribution in [3.63, 3.8) is 0 Å². The number of carboxylic acid groups (broad SMARTS) is 1. The number of rotatable bonds is 15. The summed E-state index contributed by atoms with van der Waals surface area (Å²) in [6, 6.07) is 0.951. The summed E-state index contributed by atoms with van der Waals surface area (Å²) >= 11 is 0. The van der Waals surface area contributed by atoms with Gasteiger partial charge in [-0.1, -0.05) is 81.7 Å². The predicted octanol–water partition coefficient (Wildman–Crippen LogP) is 6.09. The Morgan fingerprint density at radius 1 is 1.13 bits per heavy atom. The van der Waals surface area contributed by atoms with Crippen molar-refractivity contribution >= 4 is 14.0 Å². The molecule has 0 aromatic heterocycles. The molecule has 0 saturated carbocycles. The molecule has 3 N–H and O–H groups in total. The van der Waals surface area contributed by atoms with Crippen molar-refractivity contribution in [1.29, 1.82) is 0 Å². The first-order valence-corrected chi connectivity index (χ1v) is 15.5. The van der Waals surface area contributed by atoms with E-state index >= 15 is 0 Å². The van der Waals surface area contributed by atoms with Crippen molar-refractivity contribution in [3.05, 3.63) is 35.5 Å². The number of carboxylic acids is 1. The van der Waals surface area contributed by atoms with E-state index in [0.717, 1.165) is 63.0 Å². The molecular weight excluding hydrogens is 392 g/mol. The molecule has 0 aromatic rings. The third-order valence-corrected chi connectivity index (χ3v) is 7.72. The SMILES string of the molecule is CCCCC(=C(CC[Si](C)(C)C)C(=O)O)C1CC=C[C@@]1(O)C=CCCCCCCO. The van der Waals surface area contributed by atoms with E-state index in [1.54, 1.807) is 0 Å². The zero-order valence-electron chi connectivity index (χ0n) is 19.6. The highest BCUT2D eigenvalue weighted by Crippen LogP contribution is 2.41. The molecule has 30 heavy (non-hydrogen) atoms. The molecule has 5 heteroatoms. The van der Waals surface area contributed by atoms with E-state index in [-0.39, 0.29) is 12.5 Å². The van der Waals surface area contributed by atoms with Crippen molar-refractivity contribution in [2.45, 2.75) is 102 Å². The van der Waals surface area contributed by atoms with Gasteiger partial charge >= 0.3 is 5.97 Å². The number of hydrogen-bond acceptors (Lipinski definition) is 3. The maximum atomic E-state index is 12.2. The second kappa shape index (κ2) is 13.3. The van der Waals surface area contributed by atoms with Crippen LogP contribution in [0.5, 0.6) is 0 Å². The largest absolute Gasteiger partial charge is 0.478 e. The molecule has 0 aliphatic heterocycles. The number of allylic oxidation sites excluding steroid dienone is 2. The monoisotopic (exact) mass is 436 g/mol. The minimum atomic E-state index is -1.36. The zero-order chi connectivity index (χ0) is 22.6. The first kappa shape index (κ1) is 26.9. The van der Waals surface area contributed by atoms with Crippen LogP contribution in [-0.4, -0.2) is 41.6 Å². The molecule has 0 bridgehead atoms. The fraction of sp³-hybridized carbons (Fsp3) is 0.720. The third kappa shape index (κ3) is 9.32. The van der Waals surface area contributed by atoms with Crippen molar-refractivity contribution in [2.24, 2.45) is 5.92 Å². The number of aliphatic hydroxyl groups is 2. The molecule has 0 heterocycles. The van der Waals surface area contributed by atoms with Crippen molar-refractivity contribution in [3.8, 4) is 0 Å². The van der Waals surface area contributed by atoms with E-state index < -0.39 is 19.6 Å². The van der Waals surface area contributed by atoms with Crippen LogP contribution in [0.1, 0.15) is 71.1 Å². The Morgan fingerprint density at radius 3 is 2.43 bits per heavy atom. The topological polar surface area (TPSA) is 77.8 Å². The standard InChI is InChI=1S/C25H44O4Si/c1-5-6-14-21(22(24(27)28)16-20-30(2,3)4)23-15-13-18-25(23,29)17-11-9-7-8-10-12-19-26/h11,13,17-18,23,26,29H,5-10,12,14-16,19-20H2,1-4H3,(H,27,28)/t23?,25-/m0/s1. The fourth-order valence-corrected chi connectivity index (χ4v) is 5.10. The van der Waals surface area contributed by atoms with Crippen LogP contribution in [0.15, 0.2) is 35.5 Å². The van der Waals surface area contributed by atoms with Crippen molar-refractivity contribution in [2.75, 3.05) is 6.61 Å². The Labute approximate surface area is 184 Å². The summed E-state index contributed by atoms with van der Waals surface area (Å²) in [5.41, 5.74) is 0.395. The highest BCUT2D eigenvalue weighted by Gasteiger charge is 2.39. The fourth-order valence-electron chi connectivity index (χ4n) is 4.10. The summed E-state index contributed by atoms with van der Waals surface area (Å²) < 4.78 is 0. The number of aliphatic carboxylic acids is 1. The average Bonchev–Trinajstić information content (AvgIpc) is 3.04. The van der Waals surface area contributed by atoms with Gasteiger partial charge in [0.25, 0.3) is 0 Å². The molecular formula is C25H44O4Si. The molecule has 0 aromatic carbocycles. The lowest BCUT2D eigenvalue weighted by atomic mass is 9.79. The smallest absolute Gasteiger partial charge is 0.331 e. The van der Waals surface area contributed by atoms with Crippen LogP contribution in [0.3, 0.4) is 0 Å². The second-order valence-electron chi connectivity index (χ2n) is 9.88. The Bertz CT molecular complexity index is 615. The number of carbonyl (C=O) groups is 1. The van der Waals surface area contributed by atoms with Gasteiger partial charge in [0.2, 0.25) is 0 Å². The van der Waals surface area contributed by atoms with Crippen LogP contribution in [0.4, 0.5) is 0 Å². The van der Waals surface area contributed by atoms with E-state index in [1.807, 2.05) is 24.3 Å². The number of unbranched alkanes of at least 4 members (excludes halogenated alkanes) is 5. The van der Waals surface area contributed by atoms with E-state index in [9.17, 15) is 15.0 Å². The van der Waals surface area contributed by atoms with Crippen LogP contribution >= 0.6 is 0 Å². The van der Waals surface area contributed by atoms with E-state index in [0.29, 0.717) is 18.4 Å². The summed E-state index contributed by atoms with van der Waals surface area (Å²) in [5, 5.41) is 30.3. The van der Waals surface area contributed by atoms with Crippen LogP contribution in [0.25, 0.3) is 0 Å². The quantitative estimate of drug-likeness (QED) is 0.126. The van der Waals surface area contributed by atoms with Gasteiger partial charge in [-0.05, 0) is 44.9 Å². The lowest BCUT2D eigenvalue weighted by Crippen LogP contribution is -2.33. The number of aliphatic hydroxyl groups excluding tert-OH is 1. The second-order valence-corrected chi connectivity index (χ2v) is 15.5. The Morgan fingerprint density at radius 2 is 1.83 bits per heavy atom. The van der Waals surface area contributed by atoms with Gasteiger partial charge in [0, 0.05) is 26.2 Å². The molecule has 172 valence electrons.